The van der Waals surface area contributed by atoms with Gasteiger partial charge in [0.15, 0.2) is 17.5 Å². The normalized spacial score (nSPS) is 9.81. The number of aromatic nitrogens is 3. The van der Waals surface area contributed by atoms with Crippen LogP contribution in [0.4, 0.5) is 14.6 Å². The zero-order valence-corrected chi connectivity index (χ0v) is 18.1. The number of rotatable bonds is 6. The highest BCUT2D eigenvalue weighted by Crippen LogP contribution is 2.21. The number of amides is 2. The molecule has 3 aromatic rings. The van der Waals surface area contributed by atoms with Gasteiger partial charge in [0.1, 0.15) is 5.69 Å². The fourth-order valence-corrected chi connectivity index (χ4v) is 2.53. The number of anilines is 1. The SMILES string of the molecule is COc1ccc(CNC(=O)c2cc(NC(=O)c3cc(F)c(F)cc3Cl)n[nH]2)cn1.Cl.Cl. The van der Waals surface area contributed by atoms with Crippen LogP contribution < -0.4 is 15.4 Å². The molecule has 0 spiro atoms. The van der Waals surface area contributed by atoms with Crippen LogP contribution in [0.25, 0.3) is 0 Å². The molecule has 3 N–H and O–H groups in total. The van der Waals surface area contributed by atoms with Crippen LogP contribution >= 0.6 is 36.4 Å². The number of pyridine rings is 1. The van der Waals surface area contributed by atoms with Crippen LogP contribution in [-0.4, -0.2) is 34.1 Å². The average molecular weight is 495 g/mol. The van der Waals surface area contributed by atoms with Gasteiger partial charge in [0, 0.05) is 24.9 Å². The third kappa shape index (κ3) is 6.51. The second-order valence-corrected chi connectivity index (χ2v) is 6.17. The number of methoxy groups -OCH3 is 1. The molecule has 13 heteroatoms. The molecule has 0 aliphatic rings. The Bertz CT molecular complexity index is 1060. The van der Waals surface area contributed by atoms with Gasteiger partial charge in [0.05, 0.1) is 17.7 Å². The van der Waals surface area contributed by atoms with Crippen molar-refractivity contribution in [1.82, 2.24) is 20.5 Å². The summed E-state index contributed by atoms with van der Waals surface area (Å²) >= 11 is 5.76. The van der Waals surface area contributed by atoms with E-state index in [-0.39, 0.29) is 53.5 Å². The summed E-state index contributed by atoms with van der Waals surface area (Å²) in [6.07, 6.45) is 1.56. The summed E-state index contributed by atoms with van der Waals surface area (Å²) in [6.45, 7) is 0.209. The summed E-state index contributed by atoms with van der Waals surface area (Å²) in [5.74, 6) is -3.20. The van der Waals surface area contributed by atoms with Crippen molar-refractivity contribution in [3.8, 4) is 5.88 Å². The Morgan fingerprint density at radius 1 is 1.13 bits per heavy atom. The first kappa shape index (κ1) is 26.1. The highest BCUT2D eigenvalue weighted by Gasteiger charge is 2.17. The number of carbonyl (C=O) groups is 2. The van der Waals surface area contributed by atoms with Crippen molar-refractivity contribution in [2.45, 2.75) is 6.54 Å². The number of hydrogen-bond donors (Lipinski definition) is 3. The lowest BCUT2D eigenvalue weighted by atomic mass is 10.2. The van der Waals surface area contributed by atoms with Gasteiger partial charge in [0.2, 0.25) is 5.88 Å². The zero-order chi connectivity index (χ0) is 21.0. The molecule has 0 radical (unpaired) electrons. The molecule has 2 aromatic heterocycles. The Kier molecular flexibility index (Phi) is 9.63. The van der Waals surface area contributed by atoms with Gasteiger partial charge in [-0.1, -0.05) is 17.7 Å². The number of carbonyl (C=O) groups excluding carboxylic acids is 2. The maximum Gasteiger partial charge on any atom is 0.269 e. The Balaban J connectivity index is 0.00000240. The molecule has 2 heterocycles. The van der Waals surface area contributed by atoms with E-state index in [4.69, 9.17) is 16.3 Å². The van der Waals surface area contributed by atoms with E-state index in [0.29, 0.717) is 18.0 Å². The maximum atomic E-state index is 13.3. The molecule has 0 bridgehead atoms. The minimum atomic E-state index is -1.21. The molecule has 0 saturated heterocycles. The van der Waals surface area contributed by atoms with E-state index in [1.807, 2.05) is 0 Å². The van der Waals surface area contributed by atoms with Crippen LogP contribution in [0, 0.1) is 11.6 Å². The molecule has 0 saturated carbocycles. The highest BCUT2D eigenvalue weighted by atomic mass is 35.5. The minimum absolute atomic E-state index is 0. The van der Waals surface area contributed by atoms with E-state index in [0.717, 1.165) is 5.56 Å². The van der Waals surface area contributed by atoms with Gasteiger partial charge in [-0.25, -0.2) is 13.8 Å². The summed E-state index contributed by atoms with van der Waals surface area (Å²) < 4.78 is 31.4. The van der Waals surface area contributed by atoms with Gasteiger partial charge >= 0.3 is 0 Å². The van der Waals surface area contributed by atoms with Crippen LogP contribution in [0.5, 0.6) is 5.88 Å². The lowest BCUT2D eigenvalue weighted by Crippen LogP contribution is -2.23. The number of nitrogens with zero attached hydrogens (tertiary/aromatic N) is 2. The Labute approximate surface area is 192 Å². The molecule has 31 heavy (non-hydrogen) atoms. The second-order valence-electron chi connectivity index (χ2n) is 5.76. The minimum Gasteiger partial charge on any atom is -0.481 e. The first-order valence-corrected chi connectivity index (χ1v) is 8.53. The predicted octanol–water partition coefficient (Wildman–Crippen LogP) is 3.77. The molecule has 2 amide bonds. The average Bonchev–Trinajstić information content (AvgIpc) is 3.17. The van der Waals surface area contributed by atoms with Crippen molar-refractivity contribution in [3.05, 3.63) is 70.0 Å². The Morgan fingerprint density at radius 3 is 2.48 bits per heavy atom. The molecule has 0 atom stereocenters. The largest absolute Gasteiger partial charge is 0.481 e. The topological polar surface area (TPSA) is 109 Å². The Hall–Kier alpha value is -2.95. The monoisotopic (exact) mass is 493 g/mol. The second kappa shape index (κ2) is 11.4. The smallest absolute Gasteiger partial charge is 0.269 e. The van der Waals surface area contributed by atoms with Crippen molar-refractivity contribution >= 4 is 54.0 Å². The maximum absolute atomic E-state index is 13.3. The number of hydrogen-bond acceptors (Lipinski definition) is 5. The van der Waals surface area contributed by atoms with Gasteiger partial charge < -0.3 is 15.4 Å². The molecule has 0 aliphatic carbocycles. The number of halogens is 5. The van der Waals surface area contributed by atoms with Gasteiger partial charge in [-0.05, 0) is 17.7 Å². The van der Waals surface area contributed by atoms with Crippen LogP contribution in [0.1, 0.15) is 26.4 Å². The quantitative estimate of drug-likeness (QED) is 0.452. The lowest BCUT2D eigenvalue weighted by Gasteiger charge is -2.05. The number of nitrogens with one attached hydrogen (secondary N) is 3. The van der Waals surface area contributed by atoms with Crippen LogP contribution in [0.3, 0.4) is 0 Å². The number of aromatic amines is 1. The summed E-state index contributed by atoms with van der Waals surface area (Å²) in [4.78, 5) is 28.4. The van der Waals surface area contributed by atoms with Crippen LogP contribution in [0.15, 0.2) is 36.5 Å². The predicted molar refractivity (Wildman–Crippen MR) is 114 cm³/mol. The van der Waals surface area contributed by atoms with Crippen molar-refractivity contribution < 1.29 is 23.1 Å². The van der Waals surface area contributed by atoms with Crippen molar-refractivity contribution in [3.63, 3.8) is 0 Å². The molecule has 3 rings (SSSR count). The van der Waals surface area contributed by atoms with E-state index < -0.39 is 23.4 Å². The summed E-state index contributed by atoms with van der Waals surface area (Å²) in [5.41, 5.74) is 0.560. The first-order chi connectivity index (χ1) is 13.9. The Morgan fingerprint density at radius 2 is 1.84 bits per heavy atom. The third-order valence-corrected chi connectivity index (χ3v) is 4.09. The third-order valence-electron chi connectivity index (χ3n) is 3.78. The molecular formula is C18H16Cl3F2N5O3. The van der Waals surface area contributed by atoms with Crippen LogP contribution in [0.2, 0.25) is 5.02 Å². The summed E-state index contributed by atoms with van der Waals surface area (Å²) in [7, 11) is 1.50. The van der Waals surface area contributed by atoms with Crippen molar-refractivity contribution in [2.24, 2.45) is 0 Å². The zero-order valence-electron chi connectivity index (χ0n) is 15.7. The number of ether oxygens (including phenoxy) is 1. The molecule has 1 aromatic carbocycles. The molecule has 0 aliphatic heterocycles. The number of benzene rings is 1. The van der Waals surface area contributed by atoms with E-state index >= 15 is 0 Å². The molecule has 166 valence electrons. The van der Waals surface area contributed by atoms with Gasteiger partial charge in [0.25, 0.3) is 11.8 Å². The van der Waals surface area contributed by atoms with E-state index in [1.165, 1.54) is 13.2 Å². The molecular weight excluding hydrogens is 479 g/mol. The molecule has 8 nitrogen and oxygen atoms in total. The summed E-state index contributed by atoms with van der Waals surface area (Å²) in [5, 5.41) is 11.0. The standard InChI is InChI=1S/C18H14ClF2N5O3.2ClH/c1-29-16-3-2-9(7-22-16)8-23-18(28)14-6-15(26-25-14)24-17(27)10-4-12(20)13(21)5-11(10)19;;/h2-7H,8H2,1H3,(H,23,28)(H2,24,25,26,27);2*1H. The fraction of sp³-hybridized carbons (Fsp3) is 0.111. The molecule has 0 unspecified atom stereocenters. The van der Waals surface area contributed by atoms with E-state index in [1.54, 1.807) is 18.3 Å². The fourth-order valence-electron chi connectivity index (χ4n) is 2.30. The van der Waals surface area contributed by atoms with Crippen molar-refractivity contribution in [1.29, 1.82) is 0 Å². The highest BCUT2D eigenvalue weighted by molar-refractivity contribution is 6.34. The van der Waals surface area contributed by atoms with Gasteiger partial charge in [-0.15, -0.1) is 24.8 Å². The van der Waals surface area contributed by atoms with Crippen molar-refractivity contribution in [2.75, 3.05) is 12.4 Å². The van der Waals surface area contributed by atoms with E-state index in [2.05, 4.69) is 25.8 Å². The first-order valence-electron chi connectivity index (χ1n) is 8.16. The summed E-state index contributed by atoms with van der Waals surface area (Å²) in [6, 6.07) is 6.07. The van der Waals surface area contributed by atoms with Gasteiger partial charge in [-0.3, -0.25) is 14.7 Å². The van der Waals surface area contributed by atoms with Gasteiger partial charge in [-0.2, -0.15) is 5.10 Å². The number of H-pyrrole nitrogens is 1. The lowest BCUT2D eigenvalue weighted by molar-refractivity contribution is 0.0945. The molecule has 0 fully saturated rings. The van der Waals surface area contributed by atoms with Crippen LogP contribution in [-0.2, 0) is 6.54 Å². The van der Waals surface area contributed by atoms with E-state index in [9.17, 15) is 18.4 Å².